The maximum absolute atomic E-state index is 5.53. The van der Waals surface area contributed by atoms with Crippen molar-refractivity contribution >= 4 is 0 Å². The molecule has 21 heavy (non-hydrogen) atoms. The van der Waals surface area contributed by atoms with Crippen LogP contribution in [-0.4, -0.2) is 56.2 Å². The van der Waals surface area contributed by atoms with E-state index in [1.54, 1.807) is 7.11 Å². The van der Waals surface area contributed by atoms with Crippen molar-refractivity contribution in [3.8, 4) is 5.75 Å². The molecule has 2 fully saturated rings. The van der Waals surface area contributed by atoms with E-state index in [9.17, 15) is 0 Å². The molecule has 0 saturated carbocycles. The highest BCUT2D eigenvalue weighted by Crippen LogP contribution is 2.34. The highest BCUT2D eigenvalue weighted by molar-refractivity contribution is 5.36. The molecule has 1 aromatic carbocycles. The van der Waals surface area contributed by atoms with Crippen LogP contribution in [-0.2, 0) is 0 Å². The van der Waals surface area contributed by atoms with Gasteiger partial charge in [-0.1, -0.05) is 18.2 Å². The molecule has 0 spiro atoms. The Morgan fingerprint density at radius 3 is 2.52 bits per heavy atom. The van der Waals surface area contributed by atoms with Gasteiger partial charge in [0.25, 0.3) is 0 Å². The molecule has 3 heteroatoms. The molecule has 0 N–H and O–H groups in total. The minimum Gasteiger partial charge on any atom is -0.496 e. The first-order valence-corrected chi connectivity index (χ1v) is 8.33. The van der Waals surface area contributed by atoms with Crippen LogP contribution in [0.3, 0.4) is 0 Å². The third-order valence-corrected chi connectivity index (χ3v) is 5.31. The van der Waals surface area contributed by atoms with E-state index in [0.29, 0.717) is 5.92 Å². The van der Waals surface area contributed by atoms with Gasteiger partial charge in [0.2, 0.25) is 0 Å². The van der Waals surface area contributed by atoms with Crippen LogP contribution in [0, 0.1) is 0 Å². The number of para-hydroxylation sites is 1. The molecule has 2 heterocycles. The van der Waals surface area contributed by atoms with Crippen LogP contribution in [0.2, 0.25) is 0 Å². The number of likely N-dealkylation sites (tertiary alicyclic amines) is 2. The average Bonchev–Trinajstić information content (AvgIpc) is 2.93. The molecule has 2 saturated heterocycles. The summed E-state index contributed by atoms with van der Waals surface area (Å²) in [5, 5.41) is 0. The molecule has 1 aromatic rings. The van der Waals surface area contributed by atoms with Gasteiger partial charge >= 0.3 is 0 Å². The van der Waals surface area contributed by atoms with Crippen molar-refractivity contribution in [2.45, 2.75) is 37.6 Å². The second kappa shape index (κ2) is 6.80. The van der Waals surface area contributed by atoms with Gasteiger partial charge < -0.3 is 14.5 Å². The van der Waals surface area contributed by atoms with E-state index in [1.807, 2.05) is 0 Å². The molecule has 0 amide bonds. The van der Waals surface area contributed by atoms with E-state index in [0.717, 1.165) is 11.8 Å². The van der Waals surface area contributed by atoms with Crippen molar-refractivity contribution in [2.75, 3.05) is 40.3 Å². The number of hydrogen-bond donors (Lipinski definition) is 0. The van der Waals surface area contributed by atoms with Gasteiger partial charge in [-0.15, -0.1) is 0 Å². The Kier molecular flexibility index (Phi) is 4.81. The van der Waals surface area contributed by atoms with E-state index in [2.05, 4.69) is 41.1 Å². The third-order valence-electron chi connectivity index (χ3n) is 5.31. The van der Waals surface area contributed by atoms with Crippen LogP contribution >= 0.6 is 0 Å². The molecular formula is C18H28N2O. The van der Waals surface area contributed by atoms with Crippen LogP contribution in [0.5, 0.6) is 5.75 Å². The lowest BCUT2D eigenvalue weighted by atomic mass is 9.88. The molecule has 116 valence electrons. The molecule has 3 rings (SSSR count). The van der Waals surface area contributed by atoms with Gasteiger partial charge in [-0.2, -0.15) is 0 Å². The van der Waals surface area contributed by atoms with Crippen molar-refractivity contribution in [3.63, 3.8) is 0 Å². The summed E-state index contributed by atoms with van der Waals surface area (Å²) in [5.41, 5.74) is 1.40. The van der Waals surface area contributed by atoms with Crippen molar-refractivity contribution < 1.29 is 4.74 Å². The van der Waals surface area contributed by atoms with E-state index >= 15 is 0 Å². The zero-order valence-electron chi connectivity index (χ0n) is 13.4. The van der Waals surface area contributed by atoms with Crippen molar-refractivity contribution in [2.24, 2.45) is 0 Å². The number of rotatable bonds is 4. The molecule has 1 atom stereocenters. The van der Waals surface area contributed by atoms with Gasteiger partial charge in [-0.05, 0) is 69.9 Å². The first kappa shape index (κ1) is 14.9. The summed E-state index contributed by atoms with van der Waals surface area (Å²) in [4.78, 5) is 5.20. The van der Waals surface area contributed by atoms with Gasteiger partial charge in [0.15, 0.2) is 0 Å². The SMILES string of the molecule is COc1ccccc1C1CCN(C[C@H]2CCCN2C)CC1. The number of piperidine rings is 1. The first-order chi connectivity index (χ1) is 10.3. The summed E-state index contributed by atoms with van der Waals surface area (Å²) < 4.78 is 5.53. The molecule has 2 aliphatic rings. The van der Waals surface area contributed by atoms with Gasteiger partial charge in [-0.25, -0.2) is 0 Å². The summed E-state index contributed by atoms with van der Waals surface area (Å²) in [6, 6.07) is 9.32. The second-order valence-electron chi connectivity index (χ2n) is 6.59. The lowest BCUT2D eigenvalue weighted by molar-refractivity contribution is 0.159. The predicted molar refractivity (Wildman–Crippen MR) is 87.1 cm³/mol. The Balaban J connectivity index is 1.55. The van der Waals surface area contributed by atoms with E-state index in [-0.39, 0.29) is 0 Å². The van der Waals surface area contributed by atoms with Gasteiger partial charge in [0.1, 0.15) is 5.75 Å². The number of hydrogen-bond acceptors (Lipinski definition) is 3. The molecule has 0 radical (unpaired) electrons. The van der Waals surface area contributed by atoms with Gasteiger partial charge in [-0.3, -0.25) is 0 Å². The van der Waals surface area contributed by atoms with Crippen molar-refractivity contribution in [3.05, 3.63) is 29.8 Å². The third kappa shape index (κ3) is 3.41. The number of methoxy groups -OCH3 is 1. The smallest absolute Gasteiger partial charge is 0.122 e. The maximum Gasteiger partial charge on any atom is 0.122 e. The van der Waals surface area contributed by atoms with Crippen molar-refractivity contribution in [1.82, 2.24) is 9.80 Å². The fraction of sp³-hybridized carbons (Fsp3) is 0.667. The van der Waals surface area contributed by atoms with E-state index in [4.69, 9.17) is 4.74 Å². The van der Waals surface area contributed by atoms with Crippen molar-refractivity contribution in [1.29, 1.82) is 0 Å². The molecular weight excluding hydrogens is 260 g/mol. The van der Waals surface area contributed by atoms with E-state index in [1.165, 1.54) is 57.4 Å². The fourth-order valence-electron chi connectivity index (χ4n) is 3.94. The number of benzene rings is 1. The van der Waals surface area contributed by atoms with Crippen LogP contribution < -0.4 is 4.74 Å². The summed E-state index contributed by atoms with van der Waals surface area (Å²) in [6.45, 7) is 5.00. The Bertz CT molecular complexity index is 454. The number of ether oxygens (including phenoxy) is 1. The Morgan fingerprint density at radius 2 is 1.86 bits per heavy atom. The summed E-state index contributed by atoms with van der Waals surface area (Å²) in [7, 11) is 4.06. The molecule has 0 unspecified atom stereocenters. The quantitative estimate of drug-likeness (QED) is 0.847. The van der Waals surface area contributed by atoms with Crippen LogP contribution in [0.25, 0.3) is 0 Å². The second-order valence-corrected chi connectivity index (χ2v) is 6.59. The zero-order chi connectivity index (χ0) is 14.7. The number of likely N-dealkylation sites (N-methyl/N-ethyl adjacent to an activating group) is 1. The molecule has 3 nitrogen and oxygen atoms in total. The largest absolute Gasteiger partial charge is 0.496 e. The maximum atomic E-state index is 5.53. The fourth-order valence-corrected chi connectivity index (χ4v) is 3.94. The number of nitrogens with zero attached hydrogens (tertiary/aromatic N) is 2. The Labute approximate surface area is 128 Å². The summed E-state index contributed by atoms with van der Waals surface area (Å²) in [6.07, 6.45) is 5.27. The normalized spacial score (nSPS) is 25.3. The molecule has 0 aromatic heterocycles. The standard InChI is InChI=1S/C18H28N2O/c1-19-11-5-6-16(19)14-20-12-9-15(10-13-20)17-7-3-4-8-18(17)21-2/h3-4,7-8,15-16H,5-6,9-14H2,1-2H3/t16-/m1/s1. The minimum atomic E-state index is 0.665. The van der Waals surface area contributed by atoms with Gasteiger partial charge in [0, 0.05) is 12.6 Å². The minimum absolute atomic E-state index is 0.665. The topological polar surface area (TPSA) is 15.7 Å². The lowest BCUT2D eigenvalue weighted by Crippen LogP contribution is -2.42. The highest BCUT2D eigenvalue weighted by atomic mass is 16.5. The van der Waals surface area contributed by atoms with Crippen LogP contribution in [0.4, 0.5) is 0 Å². The molecule has 2 aliphatic heterocycles. The first-order valence-electron chi connectivity index (χ1n) is 8.33. The Morgan fingerprint density at radius 1 is 1.10 bits per heavy atom. The monoisotopic (exact) mass is 288 g/mol. The molecule has 0 aliphatic carbocycles. The zero-order valence-corrected chi connectivity index (χ0v) is 13.4. The van der Waals surface area contributed by atoms with Gasteiger partial charge in [0.05, 0.1) is 7.11 Å². The molecule has 0 bridgehead atoms. The van der Waals surface area contributed by atoms with E-state index < -0.39 is 0 Å². The summed E-state index contributed by atoms with van der Waals surface area (Å²) >= 11 is 0. The lowest BCUT2D eigenvalue weighted by Gasteiger charge is -2.35. The summed E-state index contributed by atoms with van der Waals surface area (Å²) in [5.74, 6) is 1.73. The average molecular weight is 288 g/mol. The highest BCUT2D eigenvalue weighted by Gasteiger charge is 2.27. The Hall–Kier alpha value is -1.06. The predicted octanol–water partition coefficient (Wildman–Crippen LogP) is 2.97. The van der Waals surface area contributed by atoms with Crippen LogP contribution in [0.1, 0.15) is 37.2 Å². The van der Waals surface area contributed by atoms with Crippen LogP contribution in [0.15, 0.2) is 24.3 Å².